The van der Waals surface area contributed by atoms with Crippen molar-refractivity contribution in [2.45, 2.75) is 38.8 Å². The van der Waals surface area contributed by atoms with Crippen LogP contribution in [0.4, 0.5) is 5.69 Å². The molecule has 1 atom stereocenters. The second kappa shape index (κ2) is 9.09. The lowest BCUT2D eigenvalue weighted by atomic mass is 10.0. The molecular formula is C22H27NO3. The Morgan fingerprint density at radius 3 is 2.31 bits per heavy atom. The molecule has 0 aliphatic heterocycles. The van der Waals surface area contributed by atoms with E-state index >= 15 is 0 Å². The van der Waals surface area contributed by atoms with E-state index < -0.39 is 5.60 Å². The lowest BCUT2D eigenvalue weighted by Crippen LogP contribution is -2.22. The van der Waals surface area contributed by atoms with Gasteiger partial charge in [-0.15, -0.1) is 0 Å². The van der Waals surface area contributed by atoms with E-state index in [1.165, 1.54) is 6.08 Å². The van der Waals surface area contributed by atoms with E-state index in [9.17, 15) is 4.79 Å². The Morgan fingerprint density at radius 2 is 1.73 bits per heavy atom. The SMILES string of the molecule is COc1ccc(N[C@@H](C/C=C/C(=O)OC(C)(C)C)c2ccccc2)cc1. The summed E-state index contributed by atoms with van der Waals surface area (Å²) < 4.78 is 10.5. The van der Waals surface area contributed by atoms with Gasteiger partial charge in [-0.05, 0) is 57.0 Å². The molecule has 4 heteroatoms. The zero-order chi connectivity index (χ0) is 19.0. The first-order valence-corrected chi connectivity index (χ1v) is 8.72. The minimum absolute atomic E-state index is 0.0447. The highest BCUT2D eigenvalue weighted by molar-refractivity contribution is 5.82. The number of hydrogen-bond donors (Lipinski definition) is 1. The number of esters is 1. The van der Waals surface area contributed by atoms with Crippen molar-refractivity contribution < 1.29 is 14.3 Å². The number of rotatable bonds is 7. The van der Waals surface area contributed by atoms with Gasteiger partial charge in [0.1, 0.15) is 11.4 Å². The smallest absolute Gasteiger partial charge is 0.330 e. The van der Waals surface area contributed by atoms with Gasteiger partial charge in [0.05, 0.1) is 13.2 Å². The lowest BCUT2D eigenvalue weighted by Gasteiger charge is -2.20. The normalized spacial score (nSPS) is 12.6. The molecule has 0 bridgehead atoms. The summed E-state index contributed by atoms with van der Waals surface area (Å²) in [7, 11) is 1.65. The van der Waals surface area contributed by atoms with Gasteiger partial charge < -0.3 is 14.8 Å². The number of benzene rings is 2. The summed E-state index contributed by atoms with van der Waals surface area (Å²) in [6.45, 7) is 5.57. The number of carbonyl (C=O) groups is 1. The van der Waals surface area contributed by atoms with E-state index in [2.05, 4.69) is 17.4 Å². The second-order valence-corrected chi connectivity index (χ2v) is 7.01. The summed E-state index contributed by atoms with van der Waals surface area (Å²) >= 11 is 0. The zero-order valence-corrected chi connectivity index (χ0v) is 15.9. The first kappa shape index (κ1) is 19.6. The number of ether oxygens (including phenoxy) is 2. The second-order valence-electron chi connectivity index (χ2n) is 7.01. The predicted octanol–water partition coefficient (Wildman–Crippen LogP) is 5.14. The van der Waals surface area contributed by atoms with Gasteiger partial charge in [0, 0.05) is 11.8 Å². The molecule has 138 valence electrons. The molecule has 0 heterocycles. The van der Waals surface area contributed by atoms with Crippen molar-refractivity contribution >= 4 is 11.7 Å². The van der Waals surface area contributed by atoms with Crippen molar-refractivity contribution in [1.29, 1.82) is 0 Å². The van der Waals surface area contributed by atoms with Crippen LogP contribution in [0.15, 0.2) is 66.7 Å². The standard InChI is InChI=1S/C22H27NO3/c1-22(2,3)26-21(24)12-8-11-20(17-9-6-5-7-10-17)23-18-13-15-19(25-4)16-14-18/h5-10,12-16,20,23H,11H2,1-4H3/b12-8+/t20-/m0/s1. The third kappa shape index (κ3) is 6.63. The first-order chi connectivity index (χ1) is 12.4. The highest BCUT2D eigenvalue weighted by atomic mass is 16.6. The lowest BCUT2D eigenvalue weighted by molar-refractivity contribution is -0.148. The van der Waals surface area contributed by atoms with Crippen LogP contribution in [0.2, 0.25) is 0 Å². The van der Waals surface area contributed by atoms with Gasteiger partial charge in [0.25, 0.3) is 0 Å². The van der Waals surface area contributed by atoms with E-state index in [0.29, 0.717) is 6.42 Å². The van der Waals surface area contributed by atoms with Crippen LogP contribution in [-0.4, -0.2) is 18.7 Å². The summed E-state index contributed by atoms with van der Waals surface area (Å²) in [5, 5.41) is 3.51. The van der Waals surface area contributed by atoms with E-state index in [0.717, 1.165) is 17.0 Å². The Kier molecular flexibility index (Phi) is 6.84. The fourth-order valence-corrected chi connectivity index (χ4v) is 2.49. The number of carbonyl (C=O) groups excluding carboxylic acids is 1. The van der Waals surface area contributed by atoms with Crippen molar-refractivity contribution in [2.75, 3.05) is 12.4 Å². The molecule has 0 saturated heterocycles. The van der Waals surface area contributed by atoms with Crippen molar-refractivity contribution in [3.63, 3.8) is 0 Å². The van der Waals surface area contributed by atoms with Crippen LogP contribution in [0.25, 0.3) is 0 Å². The highest BCUT2D eigenvalue weighted by Gasteiger charge is 2.14. The van der Waals surface area contributed by atoms with Gasteiger partial charge in [0.15, 0.2) is 0 Å². The van der Waals surface area contributed by atoms with E-state index in [-0.39, 0.29) is 12.0 Å². The third-order valence-electron chi connectivity index (χ3n) is 3.67. The predicted molar refractivity (Wildman–Crippen MR) is 105 cm³/mol. The molecule has 0 radical (unpaired) electrons. The summed E-state index contributed by atoms with van der Waals surface area (Å²) in [6.07, 6.45) is 4.01. The molecule has 0 aromatic heterocycles. The number of methoxy groups -OCH3 is 1. The van der Waals surface area contributed by atoms with Crippen LogP contribution in [0.1, 0.15) is 38.8 Å². The largest absolute Gasteiger partial charge is 0.497 e. The first-order valence-electron chi connectivity index (χ1n) is 8.72. The maximum absolute atomic E-state index is 11.9. The maximum Gasteiger partial charge on any atom is 0.330 e. The summed E-state index contributed by atoms with van der Waals surface area (Å²) in [4.78, 5) is 11.9. The number of anilines is 1. The molecule has 2 aromatic carbocycles. The van der Waals surface area contributed by atoms with E-state index in [4.69, 9.17) is 9.47 Å². The quantitative estimate of drug-likeness (QED) is 0.553. The van der Waals surface area contributed by atoms with Crippen LogP contribution in [-0.2, 0) is 9.53 Å². The summed E-state index contributed by atoms with van der Waals surface area (Å²) in [6, 6.07) is 18.0. The molecule has 4 nitrogen and oxygen atoms in total. The molecule has 2 aromatic rings. The summed E-state index contributed by atoms with van der Waals surface area (Å²) in [5.41, 5.74) is 1.66. The van der Waals surface area contributed by atoms with Crippen LogP contribution in [0.5, 0.6) is 5.75 Å². The minimum atomic E-state index is -0.485. The van der Waals surface area contributed by atoms with Crippen LogP contribution >= 0.6 is 0 Å². The Labute approximate surface area is 155 Å². The molecule has 2 rings (SSSR count). The average Bonchev–Trinajstić information content (AvgIpc) is 2.60. The van der Waals surface area contributed by atoms with Gasteiger partial charge in [-0.2, -0.15) is 0 Å². The maximum atomic E-state index is 11.9. The number of hydrogen-bond acceptors (Lipinski definition) is 4. The molecule has 0 aliphatic carbocycles. The number of nitrogens with one attached hydrogen (secondary N) is 1. The molecule has 0 saturated carbocycles. The molecule has 0 amide bonds. The van der Waals surface area contributed by atoms with Crippen LogP contribution in [0.3, 0.4) is 0 Å². The highest BCUT2D eigenvalue weighted by Crippen LogP contribution is 2.24. The van der Waals surface area contributed by atoms with Gasteiger partial charge in [0.2, 0.25) is 0 Å². The topological polar surface area (TPSA) is 47.6 Å². The van der Waals surface area contributed by atoms with Crippen molar-refractivity contribution in [3.8, 4) is 5.75 Å². The molecule has 0 unspecified atom stereocenters. The Morgan fingerprint density at radius 1 is 1.08 bits per heavy atom. The minimum Gasteiger partial charge on any atom is -0.497 e. The molecule has 1 N–H and O–H groups in total. The summed E-state index contributed by atoms with van der Waals surface area (Å²) in [5.74, 6) is 0.491. The molecule has 0 fully saturated rings. The van der Waals surface area contributed by atoms with Crippen molar-refractivity contribution in [3.05, 3.63) is 72.3 Å². The van der Waals surface area contributed by atoms with E-state index in [1.807, 2.05) is 69.3 Å². The van der Waals surface area contributed by atoms with Crippen molar-refractivity contribution in [2.24, 2.45) is 0 Å². The fraction of sp³-hybridized carbons (Fsp3) is 0.318. The van der Waals surface area contributed by atoms with Crippen LogP contribution < -0.4 is 10.1 Å². The Bertz CT molecular complexity index is 715. The van der Waals surface area contributed by atoms with Gasteiger partial charge in [-0.25, -0.2) is 4.79 Å². The third-order valence-corrected chi connectivity index (χ3v) is 3.67. The van der Waals surface area contributed by atoms with Crippen LogP contribution in [0, 0.1) is 0 Å². The molecular weight excluding hydrogens is 326 g/mol. The fourth-order valence-electron chi connectivity index (χ4n) is 2.49. The van der Waals surface area contributed by atoms with Gasteiger partial charge in [-0.3, -0.25) is 0 Å². The Hall–Kier alpha value is -2.75. The molecule has 0 spiro atoms. The Balaban J connectivity index is 2.08. The zero-order valence-electron chi connectivity index (χ0n) is 15.9. The molecule has 26 heavy (non-hydrogen) atoms. The average molecular weight is 353 g/mol. The van der Waals surface area contributed by atoms with Gasteiger partial charge >= 0.3 is 5.97 Å². The van der Waals surface area contributed by atoms with Crippen molar-refractivity contribution in [1.82, 2.24) is 0 Å². The molecule has 0 aliphatic rings. The van der Waals surface area contributed by atoms with E-state index in [1.54, 1.807) is 7.11 Å². The van der Waals surface area contributed by atoms with Gasteiger partial charge in [-0.1, -0.05) is 36.4 Å². The monoisotopic (exact) mass is 353 g/mol.